The molecule has 0 saturated heterocycles. The van der Waals surface area contributed by atoms with Crippen molar-refractivity contribution in [3.63, 3.8) is 0 Å². The van der Waals surface area contributed by atoms with E-state index in [4.69, 9.17) is 0 Å². The van der Waals surface area contributed by atoms with Gasteiger partial charge in [-0.25, -0.2) is 0 Å². The average molecular weight is 389 g/mol. The standard InChI is InChI=1S/C6H11O.3C4H9.Sn/c1-3-4-6(2)5-7;3*1-3-4-2;/h4,6-7H,5H2,1-2H3;3*1,3-4H2,2H3;/t6-;;;;/m1..../s1. The molecule has 1 atom stereocenters. The van der Waals surface area contributed by atoms with E-state index in [-0.39, 0.29) is 0 Å². The van der Waals surface area contributed by atoms with Crippen LogP contribution in [0, 0.1) is 5.92 Å². The molecule has 0 bridgehead atoms. The fourth-order valence-corrected chi connectivity index (χ4v) is 19.3. The zero-order valence-corrected chi connectivity index (χ0v) is 17.5. The van der Waals surface area contributed by atoms with E-state index >= 15 is 0 Å². The molecule has 0 aromatic carbocycles. The van der Waals surface area contributed by atoms with Crippen molar-refractivity contribution in [3.05, 3.63) is 9.67 Å². The van der Waals surface area contributed by atoms with E-state index in [1.807, 2.05) is 0 Å². The molecule has 2 heteroatoms. The topological polar surface area (TPSA) is 20.2 Å². The van der Waals surface area contributed by atoms with Crippen molar-refractivity contribution in [1.29, 1.82) is 0 Å². The normalized spacial score (nSPS) is 14.6. The van der Waals surface area contributed by atoms with Crippen LogP contribution in [0.5, 0.6) is 0 Å². The summed E-state index contributed by atoms with van der Waals surface area (Å²) in [6.07, 6.45) is 10.7. The van der Waals surface area contributed by atoms with Gasteiger partial charge in [0.2, 0.25) is 0 Å². The van der Waals surface area contributed by atoms with Gasteiger partial charge in [-0.1, -0.05) is 0 Å². The van der Waals surface area contributed by atoms with E-state index in [0.29, 0.717) is 12.5 Å². The third-order valence-corrected chi connectivity index (χ3v) is 21.2. The monoisotopic (exact) mass is 390 g/mol. The number of aliphatic hydroxyl groups excluding tert-OH is 1. The van der Waals surface area contributed by atoms with Gasteiger partial charge in [0.25, 0.3) is 0 Å². The Morgan fingerprint density at radius 2 is 1.35 bits per heavy atom. The summed E-state index contributed by atoms with van der Waals surface area (Å²) in [5, 5.41) is 9.36. The molecule has 1 N–H and O–H groups in total. The van der Waals surface area contributed by atoms with Crippen LogP contribution >= 0.6 is 0 Å². The minimum absolute atomic E-state index is 0.300. The van der Waals surface area contributed by atoms with E-state index < -0.39 is 18.4 Å². The Bertz CT molecular complexity index is 238. The molecule has 0 aliphatic heterocycles. The summed E-state index contributed by atoms with van der Waals surface area (Å²) >= 11 is -2.15. The molecule has 0 aromatic heterocycles. The van der Waals surface area contributed by atoms with E-state index in [9.17, 15) is 5.11 Å². The Kier molecular flexibility index (Phi) is 12.4. The average Bonchev–Trinajstić information content (AvgIpc) is 2.46. The summed E-state index contributed by atoms with van der Waals surface area (Å²) in [6, 6.07) is 0. The number of allylic oxidation sites excluding steroid dienone is 1. The van der Waals surface area contributed by atoms with Gasteiger partial charge in [0.05, 0.1) is 0 Å². The predicted molar refractivity (Wildman–Crippen MR) is 94.9 cm³/mol. The van der Waals surface area contributed by atoms with Crippen LogP contribution in [0.2, 0.25) is 13.3 Å². The zero-order valence-electron chi connectivity index (χ0n) is 14.7. The fourth-order valence-electron chi connectivity index (χ4n) is 3.17. The van der Waals surface area contributed by atoms with Crippen molar-refractivity contribution >= 4 is 18.4 Å². The van der Waals surface area contributed by atoms with Crippen molar-refractivity contribution in [3.8, 4) is 0 Å². The van der Waals surface area contributed by atoms with Gasteiger partial charge in [0, 0.05) is 0 Å². The molecule has 20 heavy (non-hydrogen) atoms. The maximum absolute atomic E-state index is 9.36. The number of hydrogen-bond donors (Lipinski definition) is 1. The van der Waals surface area contributed by atoms with Crippen LogP contribution in [0.3, 0.4) is 0 Å². The first-order valence-corrected chi connectivity index (χ1v) is 16.3. The predicted octanol–water partition coefficient (Wildman–Crippen LogP) is 5.95. The Balaban J connectivity index is 5.14. The van der Waals surface area contributed by atoms with Crippen molar-refractivity contribution in [2.24, 2.45) is 5.92 Å². The van der Waals surface area contributed by atoms with E-state index in [0.717, 1.165) is 0 Å². The molecule has 0 fully saturated rings. The first kappa shape index (κ1) is 20.5. The van der Waals surface area contributed by atoms with Crippen LogP contribution in [0.4, 0.5) is 0 Å². The van der Waals surface area contributed by atoms with Crippen LogP contribution in [0.25, 0.3) is 0 Å². The van der Waals surface area contributed by atoms with Crippen molar-refractivity contribution in [2.75, 3.05) is 6.61 Å². The number of rotatable bonds is 12. The number of unbranched alkanes of at least 4 members (excludes halogenated alkanes) is 3. The molecule has 0 aliphatic rings. The Morgan fingerprint density at radius 1 is 0.950 bits per heavy atom. The maximum atomic E-state index is 9.36. The van der Waals surface area contributed by atoms with Crippen molar-refractivity contribution in [2.45, 2.75) is 86.5 Å². The van der Waals surface area contributed by atoms with Crippen LogP contribution in [0.15, 0.2) is 9.67 Å². The molecular weight excluding hydrogens is 351 g/mol. The first-order chi connectivity index (χ1) is 9.56. The van der Waals surface area contributed by atoms with Crippen molar-refractivity contribution < 1.29 is 5.11 Å². The molecule has 0 aliphatic carbocycles. The Hall–Kier alpha value is 0.499. The zero-order chi connectivity index (χ0) is 15.4. The van der Waals surface area contributed by atoms with Gasteiger partial charge < -0.3 is 0 Å². The summed E-state index contributed by atoms with van der Waals surface area (Å²) in [7, 11) is 0. The third-order valence-electron chi connectivity index (χ3n) is 4.69. The second-order valence-electron chi connectivity index (χ2n) is 6.60. The molecule has 0 aromatic rings. The van der Waals surface area contributed by atoms with Crippen molar-refractivity contribution in [1.82, 2.24) is 0 Å². The number of hydrogen-bond acceptors (Lipinski definition) is 1. The van der Waals surface area contributed by atoms with Gasteiger partial charge in [0.15, 0.2) is 0 Å². The Labute approximate surface area is 132 Å². The van der Waals surface area contributed by atoms with Gasteiger partial charge >= 0.3 is 132 Å². The fraction of sp³-hybridized carbons (Fsp3) is 0.889. The summed E-state index contributed by atoms with van der Waals surface area (Å²) < 4.78 is 6.35. The second kappa shape index (κ2) is 12.1. The van der Waals surface area contributed by atoms with Gasteiger partial charge in [-0.3, -0.25) is 0 Å². The molecule has 0 rings (SSSR count). The molecule has 0 heterocycles. The van der Waals surface area contributed by atoms with Crippen LogP contribution < -0.4 is 0 Å². The molecule has 0 unspecified atom stereocenters. The molecule has 120 valence electrons. The Morgan fingerprint density at radius 3 is 1.65 bits per heavy atom. The summed E-state index contributed by atoms with van der Waals surface area (Å²) in [4.78, 5) is 0. The van der Waals surface area contributed by atoms with Gasteiger partial charge in [-0.2, -0.15) is 0 Å². The molecule has 0 saturated carbocycles. The molecule has 0 amide bonds. The molecular formula is C18H38OSn. The van der Waals surface area contributed by atoms with E-state index in [1.54, 1.807) is 3.59 Å². The van der Waals surface area contributed by atoms with Gasteiger partial charge in [-0.05, 0) is 0 Å². The summed E-state index contributed by atoms with van der Waals surface area (Å²) in [5.41, 5.74) is 0. The minimum atomic E-state index is -2.15. The molecule has 1 nitrogen and oxygen atoms in total. The van der Waals surface area contributed by atoms with E-state index in [1.165, 1.54) is 51.8 Å². The first-order valence-electron chi connectivity index (χ1n) is 8.86. The summed E-state index contributed by atoms with van der Waals surface area (Å²) in [6.45, 7) is 11.8. The van der Waals surface area contributed by atoms with Crippen LogP contribution in [-0.2, 0) is 0 Å². The van der Waals surface area contributed by atoms with Gasteiger partial charge in [0.1, 0.15) is 0 Å². The molecule has 0 spiro atoms. The number of aliphatic hydroxyl groups is 1. The second-order valence-corrected chi connectivity index (χ2v) is 20.4. The van der Waals surface area contributed by atoms with Gasteiger partial charge in [-0.15, -0.1) is 0 Å². The molecule has 0 radical (unpaired) electrons. The van der Waals surface area contributed by atoms with Crippen LogP contribution in [-0.4, -0.2) is 30.1 Å². The summed E-state index contributed by atoms with van der Waals surface area (Å²) in [5.74, 6) is 0.343. The quantitative estimate of drug-likeness (QED) is 0.409. The third kappa shape index (κ3) is 7.49. The van der Waals surface area contributed by atoms with E-state index in [2.05, 4.69) is 40.7 Å². The SMILES string of the molecule is CCC[CH2][Sn]([CH2]CCC)([CH2]CCC)/[C](C)=C/[C@@H](C)CO. The van der Waals surface area contributed by atoms with Crippen LogP contribution in [0.1, 0.15) is 73.1 Å².